The van der Waals surface area contributed by atoms with E-state index in [-0.39, 0.29) is 4.87 Å². The topological polar surface area (TPSA) is 72.5 Å². The Bertz CT molecular complexity index is 749. The molecule has 5 nitrogen and oxygen atoms in total. The molecule has 2 rings (SSSR count). The van der Waals surface area contributed by atoms with Gasteiger partial charge in [-0.25, -0.2) is 8.42 Å². The molecule has 1 aromatic carbocycles. The Hall–Kier alpha value is -0.890. The van der Waals surface area contributed by atoms with Crippen LogP contribution in [-0.4, -0.2) is 19.8 Å². The molecule has 0 atom stereocenters. The summed E-state index contributed by atoms with van der Waals surface area (Å²) >= 11 is 12.8. The minimum Gasteiger partial charge on any atom is -0.323 e. The molecule has 1 aromatic heterocycles. The van der Waals surface area contributed by atoms with Gasteiger partial charge in [0.05, 0.1) is 11.3 Å². The predicted molar refractivity (Wildman–Crippen MR) is 70.2 cm³/mol. The monoisotopic (exact) mass is 324 g/mol. The van der Waals surface area contributed by atoms with Crippen molar-refractivity contribution in [2.45, 2.75) is 0 Å². The van der Waals surface area contributed by atoms with Crippen LogP contribution in [0.1, 0.15) is 0 Å². The van der Waals surface area contributed by atoms with Gasteiger partial charge in [0.15, 0.2) is 5.01 Å². The van der Waals surface area contributed by atoms with E-state index in [0.29, 0.717) is 20.6 Å². The molecule has 2 aromatic rings. The molecule has 0 aliphatic rings. The van der Waals surface area contributed by atoms with Crippen molar-refractivity contribution >= 4 is 44.6 Å². The SMILES string of the molecule is CS(=O)(=O)N=c1onc(-c2ccc(Cl)cc2Cl)s1. The zero-order valence-electron chi connectivity index (χ0n) is 8.92. The summed E-state index contributed by atoms with van der Waals surface area (Å²) in [5, 5.41) is 5.05. The number of benzene rings is 1. The molecule has 1 heterocycles. The minimum atomic E-state index is -3.52. The normalized spacial score (nSPS) is 12.9. The Morgan fingerprint density at radius 2 is 2.11 bits per heavy atom. The molecule has 0 unspecified atom stereocenters. The fourth-order valence-corrected chi connectivity index (χ4v) is 3.15. The fourth-order valence-electron chi connectivity index (χ4n) is 1.14. The van der Waals surface area contributed by atoms with E-state index in [1.54, 1.807) is 18.2 Å². The molecule has 0 N–H and O–H groups in total. The van der Waals surface area contributed by atoms with E-state index in [1.807, 2.05) is 0 Å². The number of sulfonamides is 1. The Morgan fingerprint density at radius 3 is 2.72 bits per heavy atom. The van der Waals surface area contributed by atoms with Crippen molar-refractivity contribution in [2.75, 3.05) is 6.26 Å². The number of halogens is 2. The predicted octanol–water partition coefficient (Wildman–Crippen LogP) is 2.57. The lowest BCUT2D eigenvalue weighted by Gasteiger charge is -1.98. The summed E-state index contributed by atoms with van der Waals surface area (Å²) in [5.74, 6) is 0. The van der Waals surface area contributed by atoms with Crippen molar-refractivity contribution in [3.63, 3.8) is 0 Å². The average Bonchev–Trinajstić information content (AvgIpc) is 2.63. The van der Waals surface area contributed by atoms with Gasteiger partial charge in [0.25, 0.3) is 10.0 Å². The number of nitrogens with zero attached hydrogens (tertiary/aromatic N) is 2. The van der Waals surface area contributed by atoms with Gasteiger partial charge in [0, 0.05) is 10.6 Å². The third-order valence-corrected chi connectivity index (χ3v) is 3.78. The van der Waals surface area contributed by atoms with Crippen LogP contribution in [0.2, 0.25) is 10.0 Å². The summed E-state index contributed by atoms with van der Waals surface area (Å²) in [7, 11) is -3.52. The van der Waals surface area contributed by atoms with E-state index in [1.165, 1.54) is 0 Å². The van der Waals surface area contributed by atoms with Crippen molar-refractivity contribution < 1.29 is 12.9 Å². The molecule has 18 heavy (non-hydrogen) atoms. The van der Waals surface area contributed by atoms with Crippen LogP contribution in [0.3, 0.4) is 0 Å². The maximum absolute atomic E-state index is 11.0. The van der Waals surface area contributed by atoms with Gasteiger partial charge in [0.1, 0.15) is 0 Å². The van der Waals surface area contributed by atoms with Crippen LogP contribution in [0.15, 0.2) is 27.1 Å². The first-order valence-electron chi connectivity index (χ1n) is 4.53. The number of hydrogen-bond acceptors (Lipinski definition) is 5. The van der Waals surface area contributed by atoms with Crippen LogP contribution in [-0.2, 0) is 10.0 Å². The molecule has 0 spiro atoms. The van der Waals surface area contributed by atoms with E-state index < -0.39 is 10.0 Å². The van der Waals surface area contributed by atoms with Crippen LogP contribution in [0.4, 0.5) is 0 Å². The highest BCUT2D eigenvalue weighted by Gasteiger charge is 2.10. The van der Waals surface area contributed by atoms with Crippen LogP contribution in [0.5, 0.6) is 0 Å². The van der Waals surface area contributed by atoms with Crippen LogP contribution >= 0.6 is 34.5 Å². The standard InChI is InChI=1S/C9H6Cl2N2O3S2/c1-18(14,15)13-9-16-12-8(17-9)6-3-2-5(10)4-7(6)11/h2-4H,1H3. The Balaban J connectivity index is 2.51. The zero-order chi connectivity index (χ0) is 13.3. The van der Waals surface area contributed by atoms with Crippen LogP contribution < -0.4 is 4.87 Å². The summed E-state index contributed by atoms with van der Waals surface area (Å²) in [5.41, 5.74) is 0.602. The molecule has 9 heteroatoms. The van der Waals surface area contributed by atoms with Gasteiger partial charge in [-0.05, 0) is 18.2 Å². The molecule has 96 valence electrons. The highest BCUT2D eigenvalue weighted by atomic mass is 35.5. The summed E-state index contributed by atoms with van der Waals surface area (Å²) in [6.07, 6.45) is 0.969. The molecule has 0 aliphatic heterocycles. The van der Waals surface area contributed by atoms with Gasteiger partial charge in [-0.1, -0.05) is 39.7 Å². The second kappa shape index (κ2) is 5.00. The molecule has 0 saturated heterocycles. The fraction of sp³-hybridized carbons (Fsp3) is 0.111. The first-order chi connectivity index (χ1) is 8.35. The lowest BCUT2D eigenvalue weighted by molar-refractivity contribution is 0.390. The maximum Gasteiger partial charge on any atom is 0.318 e. The van der Waals surface area contributed by atoms with Crippen molar-refractivity contribution in [3.05, 3.63) is 33.1 Å². The average molecular weight is 325 g/mol. The van der Waals surface area contributed by atoms with Gasteiger partial charge in [0.2, 0.25) is 0 Å². The molecule has 0 bridgehead atoms. The van der Waals surface area contributed by atoms with Crippen LogP contribution in [0, 0.1) is 0 Å². The lowest BCUT2D eigenvalue weighted by atomic mass is 10.2. The molecular formula is C9H6Cl2N2O3S2. The first-order valence-corrected chi connectivity index (χ1v) is 7.95. The van der Waals surface area contributed by atoms with Gasteiger partial charge in [-0.15, -0.1) is 4.40 Å². The van der Waals surface area contributed by atoms with Crippen molar-refractivity contribution in [1.82, 2.24) is 5.16 Å². The number of rotatable bonds is 2. The summed E-state index contributed by atoms with van der Waals surface area (Å²) in [4.78, 5) is -0.0569. The third-order valence-electron chi connectivity index (χ3n) is 1.79. The highest BCUT2D eigenvalue weighted by Crippen LogP contribution is 2.30. The first kappa shape index (κ1) is 13.5. The van der Waals surface area contributed by atoms with E-state index in [4.69, 9.17) is 27.7 Å². The molecule has 0 fully saturated rings. The van der Waals surface area contributed by atoms with Crippen LogP contribution in [0.25, 0.3) is 10.6 Å². The van der Waals surface area contributed by atoms with E-state index in [0.717, 1.165) is 17.6 Å². The molecule has 0 saturated carbocycles. The van der Waals surface area contributed by atoms with E-state index in [2.05, 4.69) is 9.55 Å². The summed E-state index contributed by atoms with van der Waals surface area (Å²) in [6.45, 7) is 0. The smallest absolute Gasteiger partial charge is 0.318 e. The number of hydrogen-bond donors (Lipinski definition) is 0. The van der Waals surface area contributed by atoms with Crippen molar-refractivity contribution in [1.29, 1.82) is 0 Å². The second-order valence-corrected chi connectivity index (χ2v) is 6.74. The molecule has 0 amide bonds. The van der Waals surface area contributed by atoms with E-state index in [9.17, 15) is 8.42 Å². The maximum atomic E-state index is 11.0. The zero-order valence-corrected chi connectivity index (χ0v) is 12.1. The second-order valence-electron chi connectivity index (χ2n) is 3.30. The Kier molecular flexibility index (Phi) is 3.76. The Morgan fingerprint density at radius 1 is 1.39 bits per heavy atom. The van der Waals surface area contributed by atoms with E-state index >= 15 is 0 Å². The number of aromatic nitrogens is 1. The third kappa shape index (κ3) is 3.32. The largest absolute Gasteiger partial charge is 0.323 e. The summed E-state index contributed by atoms with van der Waals surface area (Å²) < 4.78 is 30.1. The van der Waals surface area contributed by atoms with Crippen molar-refractivity contribution in [2.24, 2.45) is 4.40 Å². The summed E-state index contributed by atoms with van der Waals surface area (Å²) in [6, 6.07) is 4.88. The Labute approximate surface area is 117 Å². The van der Waals surface area contributed by atoms with Gasteiger partial charge in [-0.2, -0.15) is 0 Å². The van der Waals surface area contributed by atoms with Gasteiger partial charge >= 0.3 is 4.87 Å². The highest BCUT2D eigenvalue weighted by molar-refractivity contribution is 7.89. The quantitative estimate of drug-likeness (QED) is 0.851. The molecular weight excluding hydrogens is 319 g/mol. The van der Waals surface area contributed by atoms with Crippen molar-refractivity contribution in [3.8, 4) is 10.6 Å². The minimum absolute atomic E-state index is 0.0569. The lowest BCUT2D eigenvalue weighted by Crippen LogP contribution is -1.99. The molecule has 0 radical (unpaired) electrons. The molecule has 0 aliphatic carbocycles. The van der Waals surface area contributed by atoms with Gasteiger partial charge < -0.3 is 4.52 Å². The van der Waals surface area contributed by atoms with Gasteiger partial charge in [-0.3, -0.25) is 0 Å².